The molecule has 0 spiro atoms. The SMILES string of the molecule is CCc1ccc(PO)cc1. The molecular weight excluding hydrogens is 143 g/mol. The fourth-order valence-electron chi connectivity index (χ4n) is 0.815. The van der Waals surface area contributed by atoms with Gasteiger partial charge in [-0.3, -0.25) is 0 Å². The number of benzene rings is 1. The highest BCUT2D eigenvalue weighted by Crippen LogP contribution is 2.04. The first-order valence-corrected chi connectivity index (χ1v) is 4.30. The van der Waals surface area contributed by atoms with Crippen LogP contribution in [0.15, 0.2) is 24.3 Å². The van der Waals surface area contributed by atoms with Gasteiger partial charge in [0, 0.05) is 8.81 Å². The number of hydrogen-bond donors (Lipinski definition) is 1. The summed E-state index contributed by atoms with van der Waals surface area (Å²) in [6, 6.07) is 8.05. The molecule has 0 heterocycles. The van der Waals surface area contributed by atoms with Crippen LogP contribution in [-0.2, 0) is 6.42 Å². The minimum Gasteiger partial charge on any atom is -0.372 e. The van der Waals surface area contributed by atoms with E-state index in [9.17, 15) is 0 Å². The fraction of sp³-hybridized carbons (Fsp3) is 0.250. The smallest absolute Gasteiger partial charge is 0.0420 e. The second kappa shape index (κ2) is 3.70. The molecule has 1 unspecified atom stereocenters. The maximum absolute atomic E-state index is 8.73. The Morgan fingerprint density at radius 1 is 1.30 bits per heavy atom. The van der Waals surface area contributed by atoms with Crippen LogP contribution >= 0.6 is 8.81 Å². The normalized spacial score (nSPS) is 11.0. The molecule has 1 nitrogen and oxygen atoms in total. The molecule has 0 amide bonds. The summed E-state index contributed by atoms with van der Waals surface area (Å²) in [7, 11) is -0.0722. The molecule has 0 bridgehead atoms. The van der Waals surface area contributed by atoms with Gasteiger partial charge in [-0.1, -0.05) is 31.2 Å². The summed E-state index contributed by atoms with van der Waals surface area (Å²) in [5.41, 5.74) is 1.32. The van der Waals surface area contributed by atoms with Crippen LogP contribution < -0.4 is 5.30 Å². The van der Waals surface area contributed by atoms with E-state index in [2.05, 4.69) is 19.1 Å². The Labute approximate surface area is 63.0 Å². The third kappa shape index (κ3) is 1.80. The van der Waals surface area contributed by atoms with Gasteiger partial charge in [0.25, 0.3) is 0 Å². The lowest BCUT2D eigenvalue weighted by molar-refractivity contribution is 0.655. The van der Waals surface area contributed by atoms with Crippen LogP contribution in [0.2, 0.25) is 0 Å². The second-order valence-electron chi connectivity index (χ2n) is 2.16. The van der Waals surface area contributed by atoms with Gasteiger partial charge in [0.15, 0.2) is 0 Å². The highest BCUT2D eigenvalue weighted by Gasteiger charge is 1.89. The number of hydrogen-bond acceptors (Lipinski definition) is 1. The summed E-state index contributed by atoms with van der Waals surface area (Å²) in [5.74, 6) is 0. The van der Waals surface area contributed by atoms with Crippen molar-refractivity contribution in [1.82, 2.24) is 0 Å². The van der Waals surface area contributed by atoms with Crippen molar-refractivity contribution in [3.05, 3.63) is 29.8 Å². The quantitative estimate of drug-likeness (QED) is 0.639. The van der Waals surface area contributed by atoms with Crippen molar-refractivity contribution < 1.29 is 4.89 Å². The van der Waals surface area contributed by atoms with Crippen molar-refractivity contribution >= 4 is 14.1 Å². The Morgan fingerprint density at radius 2 is 1.90 bits per heavy atom. The average Bonchev–Trinajstić information content (AvgIpc) is 2.05. The van der Waals surface area contributed by atoms with Crippen molar-refractivity contribution in [2.24, 2.45) is 0 Å². The molecule has 54 valence electrons. The van der Waals surface area contributed by atoms with Gasteiger partial charge in [0.05, 0.1) is 0 Å². The van der Waals surface area contributed by atoms with E-state index in [4.69, 9.17) is 4.89 Å². The number of aryl methyl sites for hydroxylation is 1. The third-order valence-corrected chi connectivity index (χ3v) is 2.08. The van der Waals surface area contributed by atoms with Gasteiger partial charge in [-0.05, 0) is 17.3 Å². The molecule has 10 heavy (non-hydrogen) atoms. The predicted molar refractivity (Wildman–Crippen MR) is 46.0 cm³/mol. The van der Waals surface area contributed by atoms with Gasteiger partial charge in [-0.15, -0.1) is 0 Å². The topological polar surface area (TPSA) is 20.2 Å². The van der Waals surface area contributed by atoms with E-state index in [-0.39, 0.29) is 8.81 Å². The van der Waals surface area contributed by atoms with Gasteiger partial charge in [0.1, 0.15) is 0 Å². The van der Waals surface area contributed by atoms with Gasteiger partial charge in [0.2, 0.25) is 0 Å². The molecule has 1 atom stereocenters. The zero-order valence-electron chi connectivity index (χ0n) is 5.96. The summed E-state index contributed by atoms with van der Waals surface area (Å²) in [6.07, 6.45) is 1.06. The van der Waals surface area contributed by atoms with Crippen molar-refractivity contribution in [3.8, 4) is 0 Å². The predicted octanol–water partition coefficient (Wildman–Crippen LogP) is 1.46. The molecule has 0 fully saturated rings. The van der Waals surface area contributed by atoms with Gasteiger partial charge in [-0.25, -0.2) is 0 Å². The van der Waals surface area contributed by atoms with E-state index in [1.807, 2.05) is 12.1 Å². The summed E-state index contributed by atoms with van der Waals surface area (Å²) < 4.78 is 0. The first kappa shape index (κ1) is 7.71. The molecule has 0 aliphatic carbocycles. The van der Waals surface area contributed by atoms with Gasteiger partial charge in [-0.2, -0.15) is 0 Å². The van der Waals surface area contributed by atoms with Gasteiger partial charge < -0.3 is 4.89 Å². The van der Waals surface area contributed by atoms with Crippen LogP contribution in [-0.4, -0.2) is 4.89 Å². The molecule has 0 aromatic heterocycles. The minimum absolute atomic E-state index is 0.0722. The zero-order chi connectivity index (χ0) is 7.40. The Morgan fingerprint density at radius 3 is 2.30 bits per heavy atom. The standard InChI is InChI=1S/C8H11OP/c1-2-7-3-5-8(10-9)6-4-7/h3-6,9-10H,2H2,1H3. The van der Waals surface area contributed by atoms with Crippen LogP contribution in [0.3, 0.4) is 0 Å². The largest absolute Gasteiger partial charge is 0.372 e. The summed E-state index contributed by atoms with van der Waals surface area (Å²) >= 11 is 0. The van der Waals surface area contributed by atoms with Crippen LogP contribution in [0.4, 0.5) is 0 Å². The number of rotatable bonds is 2. The second-order valence-corrected chi connectivity index (χ2v) is 2.96. The molecule has 2 heteroatoms. The first-order valence-electron chi connectivity index (χ1n) is 3.36. The van der Waals surface area contributed by atoms with E-state index >= 15 is 0 Å². The fourth-order valence-corrected chi connectivity index (χ4v) is 1.13. The highest BCUT2D eigenvalue weighted by molar-refractivity contribution is 7.40. The maximum Gasteiger partial charge on any atom is 0.0420 e. The molecule has 0 saturated heterocycles. The summed E-state index contributed by atoms with van der Waals surface area (Å²) in [6.45, 7) is 2.12. The molecule has 1 aromatic rings. The summed E-state index contributed by atoms with van der Waals surface area (Å²) in [5, 5.41) is 1.01. The van der Waals surface area contributed by atoms with Gasteiger partial charge >= 0.3 is 0 Å². The van der Waals surface area contributed by atoms with E-state index < -0.39 is 0 Å². The molecule has 1 N–H and O–H groups in total. The third-order valence-electron chi connectivity index (χ3n) is 1.49. The van der Waals surface area contributed by atoms with E-state index in [0.717, 1.165) is 11.7 Å². The van der Waals surface area contributed by atoms with Crippen molar-refractivity contribution in [1.29, 1.82) is 0 Å². The Bertz CT molecular complexity index is 170. The van der Waals surface area contributed by atoms with Crippen molar-refractivity contribution in [3.63, 3.8) is 0 Å². The van der Waals surface area contributed by atoms with Crippen molar-refractivity contribution in [2.75, 3.05) is 0 Å². The Balaban J connectivity index is 2.80. The lowest BCUT2D eigenvalue weighted by Crippen LogP contribution is -1.92. The minimum atomic E-state index is -0.0722. The molecular formula is C8H11OP. The zero-order valence-corrected chi connectivity index (χ0v) is 6.96. The Hall–Kier alpha value is -0.390. The van der Waals surface area contributed by atoms with Crippen LogP contribution in [0.25, 0.3) is 0 Å². The lowest BCUT2D eigenvalue weighted by atomic mass is 10.2. The van der Waals surface area contributed by atoms with Crippen LogP contribution in [0.5, 0.6) is 0 Å². The molecule has 0 saturated carbocycles. The first-order chi connectivity index (χ1) is 4.86. The highest BCUT2D eigenvalue weighted by atomic mass is 31.1. The lowest BCUT2D eigenvalue weighted by Gasteiger charge is -1.96. The molecule has 0 radical (unpaired) electrons. The molecule has 0 aliphatic heterocycles. The monoisotopic (exact) mass is 154 g/mol. The van der Waals surface area contributed by atoms with E-state index in [1.165, 1.54) is 5.56 Å². The van der Waals surface area contributed by atoms with Crippen LogP contribution in [0.1, 0.15) is 12.5 Å². The van der Waals surface area contributed by atoms with Crippen LogP contribution in [0, 0.1) is 0 Å². The molecule has 0 aliphatic rings. The summed E-state index contributed by atoms with van der Waals surface area (Å²) in [4.78, 5) is 8.73. The van der Waals surface area contributed by atoms with Crippen molar-refractivity contribution in [2.45, 2.75) is 13.3 Å². The van der Waals surface area contributed by atoms with E-state index in [0.29, 0.717) is 0 Å². The van der Waals surface area contributed by atoms with E-state index in [1.54, 1.807) is 0 Å². The maximum atomic E-state index is 8.73. The average molecular weight is 154 g/mol. The Kier molecular flexibility index (Phi) is 2.85. The molecule has 1 rings (SSSR count). The molecule has 1 aromatic carbocycles.